The number of carboxylic acid groups (broad SMARTS) is 1. The van der Waals surface area contributed by atoms with E-state index in [1.165, 1.54) is 0 Å². The van der Waals surface area contributed by atoms with Crippen LogP contribution in [0.4, 0.5) is 0 Å². The highest BCUT2D eigenvalue weighted by atomic mass is 32.1. The molecular formula is C15H23NO3S. The predicted molar refractivity (Wildman–Crippen MR) is 80.8 cm³/mol. The summed E-state index contributed by atoms with van der Waals surface area (Å²) in [5.41, 5.74) is -1.86. The summed E-state index contributed by atoms with van der Waals surface area (Å²) >= 11 is 1.62. The van der Waals surface area contributed by atoms with Gasteiger partial charge in [0.1, 0.15) is 0 Å². The second-order valence-electron chi connectivity index (χ2n) is 6.23. The number of amides is 1. The van der Waals surface area contributed by atoms with Gasteiger partial charge in [0.2, 0.25) is 5.91 Å². The van der Waals surface area contributed by atoms with Crippen molar-refractivity contribution in [2.75, 3.05) is 0 Å². The summed E-state index contributed by atoms with van der Waals surface area (Å²) in [5.74, 6) is -1.22. The molecule has 1 aromatic heterocycles. The van der Waals surface area contributed by atoms with E-state index in [0.29, 0.717) is 6.42 Å². The van der Waals surface area contributed by atoms with Crippen LogP contribution in [0.15, 0.2) is 17.5 Å². The molecule has 0 aliphatic rings. The zero-order valence-corrected chi connectivity index (χ0v) is 13.5. The van der Waals surface area contributed by atoms with Gasteiger partial charge in [-0.1, -0.05) is 13.0 Å². The molecule has 0 fully saturated rings. The van der Waals surface area contributed by atoms with Crippen LogP contribution in [0.1, 0.15) is 39.5 Å². The molecule has 0 spiro atoms. The van der Waals surface area contributed by atoms with Crippen LogP contribution in [0.3, 0.4) is 0 Å². The van der Waals surface area contributed by atoms with E-state index in [0.717, 1.165) is 4.88 Å². The topological polar surface area (TPSA) is 66.4 Å². The van der Waals surface area contributed by atoms with Crippen molar-refractivity contribution in [3.63, 3.8) is 0 Å². The van der Waals surface area contributed by atoms with Crippen LogP contribution >= 0.6 is 11.3 Å². The molecule has 1 heterocycles. The minimum absolute atomic E-state index is 0.113. The van der Waals surface area contributed by atoms with Crippen LogP contribution in [-0.4, -0.2) is 22.5 Å². The zero-order valence-electron chi connectivity index (χ0n) is 12.7. The Bertz CT molecular complexity index is 477. The van der Waals surface area contributed by atoms with Gasteiger partial charge in [-0.25, -0.2) is 0 Å². The number of thiophene rings is 1. The molecule has 0 aliphatic heterocycles. The van der Waals surface area contributed by atoms with Crippen molar-refractivity contribution in [3.8, 4) is 0 Å². The average molecular weight is 297 g/mol. The lowest BCUT2D eigenvalue weighted by Crippen LogP contribution is -2.58. The van der Waals surface area contributed by atoms with Crippen LogP contribution in [0, 0.1) is 11.3 Å². The third-order valence-corrected chi connectivity index (χ3v) is 4.97. The van der Waals surface area contributed by atoms with Crippen molar-refractivity contribution >= 4 is 23.2 Å². The molecular weight excluding hydrogens is 274 g/mol. The van der Waals surface area contributed by atoms with Crippen molar-refractivity contribution in [1.29, 1.82) is 0 Å². The van der Waals surface area contributed by atoms with Crippen molar-refractivity contribution in [2.24, 2.45) is 11.3 Å². The number of nitrogens with one attached hydrogen (secondary N) is 1. The largest absolute Gasteiger partial charge is 0.481 e. The Morgan fingerprint density at radius 2 is 1.95 bits per heavy atom. The maximum atomic E-state index is 12.3. The Labute approximate surface area is 124 Å². The first-order valence-corrected chi connectivity index (χ1v) is 7.53. The van der Waals surface area contributed by atoms with Gasteiger partial charge >= 0.3 is 5.97 Å². The summed E-state index contributed by atoms with van der Waals surface area (Å²) in [6.07, 6.45) is 0.674. The van der Waals surface area contributed by atoms with Gasteiger partial charge in [-0.05, 0) is 45.6 Å². The number of aliphatic carboxylic acids is 1. The van der Waals surface area contributed by atoms with Crippen molar-refractivity contribution in [3.05, 3.63) is 22.4 Å². The van der Waals surface area contributed by atoms with Crippen LogP contribution in [0.5, 0.6) is 0 Å². The molecule has 112 valence electrons. The van der Waals surface area contributed by atoms with E-state index in [4.69, 9.17) is 0 Å². The second-order valence-corrected chi connectivity index (χ2v) is 7.26. The molecule has 0 saturated heterocycles. The molecule has 1 atom stereocenters. The lowest BCUT2D eigenvalue weighted by atomic mass is 9.74. The normalized spacial score (nSPS) is 13.8. The molecule has 1 unspecified atom stereocenters. The van der Waals surface area contributed by atoms with Gasteiger partial charge in [-0.15, -0.1) is 11.3 Å². The Balaban J connectivity index is 2.71. The van der Waals surface area contributed by atoms with Crippen molar-refractivity contribution < 1.29 is 14.7 Å². The van der Waals surface area contributed by atoms with Gasteiger partial charge in [0.15, 0.2) is 0 Å². The summed E-state index contributed by atoms with van der Waals surface area (Å²) in [6.45, 7) is 8.60. The summed E-state index contributed by atoms with van der Waals surface area (Å²) in [7, 11) is 0. The van der Waals surface area contributed by atoms with Gasteiger partial charge < -0.3 is 10.4 Å². The molecule has 0 saturated carbocycles. The molecule has 0 aliphatic carbocycles. The highest BCUT2D eigenvalue weighted by molar-refractivity contribution is 7.09. The SMILES string of the molecule is CC(Cc1cccs1)C(=O)NC(C)(C)C(C)(C)C(=O)O. The molecule has 1 amide bonds. The van der Waals surface area contributed by atoms with Crippen molar-refractivity contribution in [1.82, 2.24) is 5.32 Å². The van der Waals surface area contributed by atoms with Crippen molar-refractivity contribution in [2.45, 2.75) is 46.6 Å². The summed E-state index contributed by atoms with van der Waals surface area (Å²) < 4.78 is 0. The Kier molecular flexibility index (Phi) is 4.97. The Morgan fingerprint density at radius 1 is 1.35 bits per heavy atom. The fourth-order valence-corrected chi connectivity index (χ4v) is 2.51. The zero-order chi connectivity index (χ0) is 15.6. The van der Waals surface area contributed by atoms with Crippen LogP contribution in [-0.2, 0) is 16.0 Å². The highest BCUT2D eigenvalue weighted by Crippen LogP contribution is 2.31. The number of hydrogen-bond acceptors (Lipinski definition) is 3. The predicted octanol–water partition coefficient (Wildman–Crippen LogP) is 2.93. The first-order chi connectivity index (χ1) is 9.08. The van der Waals surface area contributed by atoms with Gasteiger partial charge in [0, 0.05) is 16.3 Å². The first kappa shape index (κ1) is 16.7. The molecule has 4 nitrogen and oxygen atoms in total. The van der Waals surface area contributed by atoms with E-state index < -0.39 is 16.9 Å². The molecule has 20 heavy (non-hydrogen) atoms. The van der Waals surface area contributed by atoms with E-state index >= 15 is 0 Å². The van der Waals surface area contributed by atoms with Crippen LogP contribution < -0.4 is 5.32 Å². The maximum absolute atomic E-state index is 12.3. The maximum Gasteiger partial charge on any atom is 0.311 e. The lowest BCUT2D eigenvalue weighted by molar-refractivity contribution is -0.152. The van der Waals surface area contributed by atoms with E-state index in [1.54, 1.807) is 39.0 Å². The van der Waals surface area contributed by atoms with Gasteiger partial charge in [0.05, 0.1) is 5.41 Å². The van der Waals surface area contributed by atoms with E-state index in [1.807, 2.05) is 24.4 Å². The lowest BCUT2D eigenvalue weighted by Gasteiger charge is -2.39. The number of hydrogen-bond donors (Lipinski definition) is 2. The molecule has 1 rings (SSSR count). The molecule has 1 aromatic rings. The quantitative estimate of drug-likeness (QED) is 0.848. The fraction of sp³-hybridized carbons (Fsp3) is 0.600. The first-order valence-electron chi connectivity index (χ1n) is 6.65. The number of carbonyl (C=O) groups excluding carboxylic acids is 1. The molecule has 0 radical (unpaired) electrons. The van der Waals surface area contributed by atoms with E-state index in [9.17, 15) is 14.7 Å². The fourth-order valence-electron chi connectivity index (χ4n) is 1.68. The van der Waals surface area contributed by atoms with E-state index in [-0.39, 0.29) is 11.8 Å². The standard InChI is InChI=1S/C15H23NO3S/c1-10(9-11-7-6-8-20-11)12(17)16-15(4,5)14(2,3)13(18)19/h6-8,10H,9H2,1-5H3,(H,16,17)(H,18,19). The van der Waals surface area contributed by atoms with Gasteiger partial charge in [0.25, 0.3) is 0 Å². The minimum Gasteiger partial charge on any atom is -0.481 e. The van der Waals surface area contributed by atoms with Crippen LogP contribution in [0.25, 0.3) is 0 Å². The molecule has 0 bridgehead atoms. The average Bonchev–Trinajstić information content (AvgIpc) is 2.80. The highest BCUT2D eigenvalue weighted by Gasteiger charge is 2.44. The summed E-state index contributed by atoms with van der Waals surface area (Å²) in [4.78, 5) is 24.7. The minimum atomic E-state index is -1.04. The van der Waals surface area contributed by atoms with Gasteiger partial charge in [-0.2, -0.15) is 0 Å². The molecule has 5 heteroatoms. The number of carboxylic acids is 1. The van der Waals surface area contributed by atoms with E-state index in [2.05, 4.69) is 5.32 Å². The number of carbonyl (C=O) groups is 2. The monoisotopic (exact) mass is 297 g/mol. The summed E-state index contributed by atoms with van der Waals surface area (Å²) in [5, 5.41) is 14.1. The third-order valence-electron chi connectivity index (χ3n) is 4.07. The smallest absolute Gasteiger partial charge is 0.311 e. The van der Waals surface area contributed by atoms with Crippen LogP contribution in [0.2, 0.25) is 0 Å². The molecule has 0 aromatic carbocycles. The third kappa shape index (κ3) is 3.60. The number of rotatable bonds is 6. The summed E-state index contributed by atoms with van der Waals surface area (Å²) in [6, 6.07) is 3.96. The Hall–Kier alpha value is -1.36. The Morgan fingerprint density at radius 3 is 2.40 bits per heavy atom. The second kappa shape index (κ2) is 5.95. The molecule has 2 N–H and O–H groups in total. The van der Waals surface area contributed by atoms with Gasteiger partial charge in [-0.3, -0.25) is 9.59 Å².